The molecule has 90 valence electrons. The number of alkyl halides is 6. The van der Waals surface area contributed by atoms with E-state index >= 15 is 0 Å². The molecule has 0 rings (SSSR count). The number of halogens is 6. The lowest BCUT2D eigenvalue weighted by atomic mass is 10.2. The zero-order chi connectivity index (χ0) is 12.3. The van der Waals surface area contributed by atoms with Gasteiger partial charge in [0.05, 0.1) is 12.2 Å². The number of carbonyl (C=O) groups is 1. The number of carbonyl (C=O) groups excluding carboxylic acids is 1. The van der Waals surface area contributed by atoms with Crippen LogP contribution in [0.5, 0.6) is 0 Å². The summed E-state index contributed by atoms with van der Waals surface area (Å²) in [5.74, 6) is -2.39. The van der Waals surface area contributed by atoms with Crippen molar-refractivity contribution in [3.63, 3.8) is 0 Å². The molecule has 9 heteroatoms. The lowest BCUT2D eigenvalue weighted by Gasteiger charge is -2.20. The van der Waals surface area contributed by atoms with Gasteiger partial charge in [-0.2, -0.15) is 34.6 Å². The van der Waals surface area contributed by atoms with Gasteiger partial charge in [0.25, 0.3) is 0 Å². The van der Waals surface area contributed by atoms with E-state index in [4.69, 9.17) is 0 Å². The van der Waals surface area contributed by atoms with Crippen LogP contribution in [0.3, 0.4) is 0 Å². The third-order valence-electron chi connectivity index (χ3n) is 1.15. The Hall–Kier alpha value is -0.600. The fourth-order valence-corrected chi connectivity index (χ4v) is 0.635. The van der Waals surface area contributed by atoms with Crippen molar-refractivity contribution in [2.24, 2.45) is 0 Å². The van der Waals surface area contributed by atoms with Crippen LogP contribution in [0.1, 0.15) is 6.42 Å². The molecule has 0 aliphatic rings. The molecular formula is C6H6F6O2S. The van der Waals surface area contributed by atoms with Crippen LogP contribution in [-0.2, 0) is 9.53 Å². The van der Waals surface area contributed by atoms with Crippen LogP contribution in [-0.4, -0.2) is 30.2 Å². The lowest BCUT2D eigenvalue weighted by molar-refractivity contribution is -0.275. The molecule has 0 aromatic heterocycles. The third-order valence-corrected chi connectivity index (χ3v) is 1.41. The van der Waals surface area contributed by atoms with Crippen LogP contribution in [0, 0.1) is 0 Å². The summed E-state index contributed by atoms with van der Waals surface area (Å²) in [6, 6.07) is 0. The van der Waals surface area contributed by atoms with Gasteiger partial charge in [-0.05, 0) is 0 Å². The first-order chi connectivity index (χ1) is 6.58. The second-order valence-corrected chi connectivity index (χ2v) is 2.80. The minimum Gasteiger partial charge on any atom is -0.398 e. The average Bonchev–Trinajstić information content (AvgIpc) is 2.00. The highest BCUT2D eigenvalue weighted by Crippen LogP contribution is 2.32. The molecule has 1 unspecified atom stereocenters. The number of rotatable bonds is 4. The number of esters is 1. The number of ether oxygens (including phenoxy) is 1. The summed E-state index contributed by atoms with van der Waals surface area (Å²) in [5.41, 5.74) is 0. The maximum atomic E-state index is 12.4. The fraction of sp³-hybridized carbons (Fsp3) is 0.833. The molecule has 0 bridgehead atoms. The van der Waals surface area contributed by atoms with Crippen LogP contribution >= 0.6 is 12.6 Å². The van der Waals surface area contributed by atoms with Gasteiger partial charge in [-0.25, -0.2) is 4.39 Å². The van der Waals surface area contributed by atoms with Crippen molar-refractivity contribution in [1.82, 2.24) is 0 Å². The standard InChI is InChI=1S/C6H6F6O2S/c7-3(1-5(8,9)10)6(11,12)14-4(13)2-15/h3,15H,1-2H2. The molecule has 2 nitrogen and oxygen atoms in total. The summed E-state index contributed by atoms with van der Waals surface area (Å²) in [5, 5.41) is 0. The summed E-state index contributed by atoms with van der Waals surface area (Å²) >= 11 is 3.23. The SMILES string of the molecule is O=C(CS)OC(F)(F)C(F)CC(F)(F)F. The molecule has 0 fully saturated rings. The first-order valence-corrected chi connectivity index (χ1v) is 4.13. The second kappa shape index (κ2) is 4.95. The zero-order valence-electron chi connectivity index (χ0n) is 7.02. The van der Waals surface area contributed by atoms with Crippen LogP contribution < -0.4 is 0 Å². The number of hydrogen-bond donors (Lipinski definition) is 1. The number of thiol groups is 1. The van der Waals surface area contributed by atoms with E-state index < -0.39 is 36.6 Å². The Morgan fingerprint density at radius 1 is 1.27 bits per heavy atom. The first-order valence-electron chi connectivity index (χ1n) is 3.50. The minimum atomic E-state index is -5.10. The highest BCUT2D eigenvalue weighted by atomic mass is 32.1. The van der Waals surface area contributed by atoms with Crippen LogP contribution in [0.15, 0.2) is 0 Å². The van der Waals surface area contributed by atoms with Gasteiger partial charge in [-0.1, -0.05) is 0 Å². The summed E-state index contributed by atoms with van der Waals surface area (Å²) in [6.45, 7) is 0. The Morgan fingerprint density at radius 2 is 1.73 bits per heavy atom. The second-order valence-electron chi connectivity index (χ2n) is 2.48. The van der Waals surface area contributed by atoms with Gasteiger partial charge in [0.15, 0.2) is 0 Å². The van der Waals surface area contributed by atoms with Gasteiger partial charge in [0.2, 0.25) is 6.17 Å². The zero-order valence-corrected chi connectivity index (χ0v) is 7.92. The van der Waals surface area contributed by atoms with Crippen molar-refractivity contribution in [1.29, 1.82) is 0 Å². The third kappa shape index (κ3) is 5.75. The summed E-state index contributed by atoms with van der Waals surface area (Å²) in [7, 11) is 0. The van der Waals surface area contributed by atoms with Crippen LogP contribution in [0.25, 0.3) is 0 Å². The van der Waals surface area contributed by atoms with E-state index in [0.29, 0.717) is 0 Å². The minimum absolute atomic E-state index is 0.783. The van der Waals surface area contributed by atoms with Gasteiger partial charge in [0, 0.05) is 0 Å². The molecule has 0 aliphatic heterocycles. The predicted octanol–water partition coefficient (Wildman–Crippen LogP) is 2.34. The maximum Gasteiger partial charge on any atom is 0.432 e. The molecule has 0 amide bonds. The Bertz CT molecular complexity index is 228. The quantitative estimate of drug-likeness (QED) is 0.474. The lowest BCUT2D eigenvalue weighted by Crippen LogP contribution is -2.38. The molecule has 0 aliphatic carbocycles. The Morgan fingerprint density at radius 3 is 2.07 bits per heavy atom. The average molecular weight is 256 g/mol. The molecule has 0 saturated heterocycles. The van der Waals surface area contributed by atoms with E-state index in [1.165, 1.54) is 0 Å². The van der Waals surface area contributed by atoms with Gasteiger partial charge < -0.3 is 4.74 Å². The summed E-state index contributed by atoms with van der Waals surface area (Å²) < 4.78 is 75.0. The van der Waals surface area contributed by atoms with Crippen molar-refractivity contribution in [2.45, 2.75) is 24.9 Å². The molecule has 0 radical (unpaired) electrons. The van der Waals surface area contributed by atoms with Crippen molar-refractivity contribution < 1.29 is 35.9 Å². The van der Waals surface area contributed by atoms with Crippen LogP contribution in [0.4, 0.5) is 26.3 Å². The van der Waals surface area contributed by atoms with Crippen molar-refractivity contribution in [3.8, 4) is 0 Å². The van der Waals surface area contributed by atoms with Gasteiger partial charge >= 0.3 is 18.3 Å². The van der Waals surface area contributed by atoms with Gasteiger partial charge in [0.1, 0.15) is 0 Å². The highest BCUT2D eigenvalue weighted by Gasteiger charge is 2.49. The van der Waals surface area contributed by atoms with Gasteiger partial charge in [-0.3, -0.25) is 4.79 Å². The molecule has 0 heterocycles. The molecule has 0 saturated carbocycles. The van der Waals surface area contributed by atoms with E-state index in [9.17, 15) is 31.1 Å². The largest absolute Gasteiger partial charge is 0.432 e. The first kappa shape index (κ1) is 14.4. The Kier molecular flexibility index (Phi) is 4.75. The highest BCUT2D eigenvalue weighted by molar-refractivity contribution is 7.81. The molecular weight excluding hydrogens is 250 g/mol. The van der Waals surface area contributed by atoms with Crippen molar-refractivity contribution in [3.05, 3.63) is 0 Å². The predicted molar refractivity (Wildman–Crippen MR) is 40.5 cm³/mol. The molecule has 0 N–H and O–H groups in total. The fourth-order valence-electron chi connectivity index (χ4n) is 0.570. The normalized spacial score (nSPS) is 14.9. The van der Waals surface area contributed by atoms with Crippen molar-refractivity contribution in [2.75, 3.05) is 5.75 Å². The number of hydrogen-bond acceptors (Lipinski definition) is 3. The van der Waals surface area contributed by atoms with E-state index in [-0.39, 0.29) is 0 Å². The maximum absolute atomic E-state index is 12.4. The Labute approximate surface area is 86.0 Å². The van der Waals surface area contributed by atoms with Crippen LogP contribution in [0.2, 0.25) is 0 Å². The molecule has 0 spiro atoms. The monoisotopic (exact) mass is 256 g/mol. The van der Waals surface area contributed by atoms with E-state index in [1.807, 2.05) is 0 Å². The van der Waals surface area contributed by atoms with E-state index in [0.717, 1.165) is 0 Å². The summed E-state index contributed by atoms with van der Waals surface area (Å²) in [6.07, 6.45) is -15.9. The summed E-state index contributed by atoms with van der Waals surface area (Å²) in [4.78, 5) is 10.3. The molecule has 15 heavy (non-hydrogen) atoms. The van der Waals surface area contributed by atoms with E-state index in [1.54, 1.807) is 0 Å². The topological polar surface area (TPSA) is 26.3 Å². The molecule has 1 atom stereocenters. The smallest absolute Gasteiger partial charge is 0.398 e. The molecule has 0 aromatic carbocycles. The Balaban J connectivity index is 4.38. The van der Waals surface area contributed by atoms with Crippen molar-refractivity contribution >= 4 is 18.6 Å². The molecule has 0 aromatic rings. The van der Waals surface area contributed by atoms with E-state index in [2.05, 4.69) is 17.4 Å². The van der Waals surface area contributed by atoms with Gasteiger partial charge in [-0.15, -0.1) is 0 Å².